The van der Waals surface area contributed by atoms with Crippen molar-refractivity contribution in [2.75, 3.05) is 0 Å². The highest BCUT2D eigenvalue weighted by molar-refractivity contribution is 5.66. The Morgan fingerprint density at radius 1 is 1.25 bits per heavy atom. The third kappa shape index (κ3) is 2.41. The second-order valence-electron chi connectivity index (χ2n) is 9.94. The Hall–Kier alpha value is -1.35. The van der Waals surface area contributed by atoms with E-state index >= 15 is 0 Å². The van der Waals surface area contributed by atoms with Gasteiger partial charge in [-0.3, -0.25) is 4.79 Å². The molecule has 0 heterocycles. The molecule has 0 aromatic heterocycles. The zero-order valence-corrected chi connectivity index (χ0v) is 17.0. The Bertz CT molecular complexity index is 753. The molecule has 0 aromatic rings. The van der Waals surface area contributed by atoms with Gasteiger partial charge in [-0.2, -0.15) is 0 Å². The van der Waals surface area contributed by atoms with Crippen molar-refractivity contribution in [1.82, 2.24) is 0 Å². The summed E-state index contributed by atoms with van der Waals surface area (Å²) in [4.78, 5) is 11.6. The van der Waals surface area contributed by atoms with Gasteiger partial charge in [-0.05, 0) is 67.3 Å². The molecular formula is C23H32O5. The van der Waals surface area contributed by atoms with Gasteiger partial charge in [0.25, 0.3) is 0 Å². The average molecular weight is 389 g/mol. The Labute approximate surface area is 167 Å². The number of allylic oxidation sites excluding steroid dienone is 1. The van der Waals surface area contributed by atoms with Crippen LogP contribution in [0.2, 0.25) is 0 Å². The van der Waals surface area contributed by atoms with Crippen LogP contribution in [0.4, 0.5) is 0 Å². The highest BCUT2D eigenvalue weighted by Gasteiger charge is 2.68. The van der Waals surface area contributed by atoms with Crippen LogP contribution in [0.25, 0.3) is 0 Å². The van der Waals surface area contributed by atoms with Gasteiger partial charge in [-0.15, -0.1) is 6.42 Å². The summed E-state index contributed by atoms with van der Waals surface area (Å²) >= 11 is 0. The van der Waals surface area contributed by atoms with Gasteiger partial charge in [0.15, 0.2) is 5.60 Å². The molecule has 0 bridgehead atoms. The minimum atomic E-state index is -1.46. The molecule has 5 nitrogen and oxygen atoms in total. The first-order valence-corrected chi connectivity index (χ1v) is 10.5. The number of esters is 1. The number of carbonyl (C=O) groups is 1. The van der Waals surface area contributed by atoms with Gasteiger partial charge in [-0.1, -0.05) is 25.8 Å². The van der Waals surface area contributed by atoms with E-state index < -0.39 is 35.3 Å². The first-order valence-electron chi connectivity index (χ1n) is 10.5. The van der Waals surface area contributed by atoms with E-state index in [1.165, 1.54) is 6.92 Å². The molecule has 4 unspecified atom stereocenters. The van der Waals surface area contributed by atoms with Crippen molar-refractivity contribution in [1.29, 1.82) is 0 Å². The lowest BCUT2D eigenvalue weighted by atomic mass is 9.46. The molecule has 4 aliphatic carbocycles. The van der Waals surface area contributed by atoms with Gasteiger partial charge < -0.3 is 20.1 Å². The van der Waals surface area contributed by atoms with Crippen LogP contribution in [0.3, 0.4) is 0 Å². The minimum Gasteiger partial charge on any atom is -0.458 e. The Morgan fingerprint density at radius 2 is 1.96 bits per heavy atom. The minimum absolute atomic E-state index is 0.142. The maximum Gasteiger partial charge on any atom is 0.303 e. The van der Waals surface area contributed by atoms with E-state index in [1.54, 1.807) is 0 Å². The highest BCUT2D eigenvalue weighted by Crippen LogP contribution is 2.67. The summed E-state index contributed by atoms with van der Waals surface area (Å²) in [5.74, 6) is 3.01. The number of rotatable bonds is 1. The lowest BCUT2D eigenvalue weighted by Crippen LogP contribution is -2.57. The van der Waals surface area contributed by atoms with Gasteiger partial charge in [-0.25, -0.2) is 0 Å². The molecule has 3 N–H and O–H groups in total. The molecule has 3 saturated carbocycles. The van der Waals surface area contributed by atoms with Crippen LogP contribution >= 0.6 is 0 Å². The Balaban J connectivity index is 1.72. The molecule has 0 saturated heterocycles. The van der Waals surface area contributed by atoms with Crippen LogP contribution in [-0.4, -0.2) is 45.2 Å². The number of carbonyl (C=O) groups excluding carboxylic acids is 1. The number of hydrogen-bond acceptors (Lipinski definition) is 5. The molecule has 4 rings (SSSR count). The molecule has 9 atom stereocenters. The van der Waals surface area contributed by atoms with Gasteiger partial charge in [0.2, 0.25) is 0 Å². The van der Waals surface area contributed by atoms with Crippen molar-refractivity contribution in [2.24, 2.45) is 28.6 Å². The predicted octanol–water partition coefficient (Wildman–Crippen LogP) is 2.19. The monoisotopic (exact) mass is 388 g/mol. The molecule has 28 heavy (non-hydrogen) atoms. The van der Waals surface area contributed by atoms with Crippen molar-refractivity contribution in [3.8, 4) is 12.3 Å². The number of ether oxygens (including phenoxy) is 1. The Kier molecular flexibility index (Phi) is 4.50. The average Bonchev–Trinajstić information content (AvgIpc) is 2.86. The van der Waals surface area contributed by atoms with Gasteiger partial charge in [0, 0.05) is 12.3 Å². The first-order chi connectivity index (χ1) is 13.1. The summed E-state index contributed by atoms with van der Waals surface area (Å²) in [6.45, 7) is 5.63. The molecule has 0 spiro atoms. The van der Waals surface area contributed by atoms with E-state index in [0.717, 1.165) is 31.3 Å². The number of aliphatic hydroxyl groups excluding tert-OH is 2. The molecule has 0 aliphatic heterocycles. The molecule has 3 fully saturated rings. The van der Waals surface area contributed by atoms with E-state index in [4.69, 9.17) is 11.2 Å². The quantitative estimate of drug-likeness (QED) is 0.364. The summed E-state index contributed by atoms with van der Waals surface area (Å²) in [5.41, 5.74) is -1.12. The van der Waals surface area contributed by atoms with Crippen LogP contribution in [-0.2, 0) is 9.53 Å². The second kappa shape index (κ2) is 6.32. The topological polar surface area (TPSA) is 87.0 Å². The fraction of sp³-hybridized carbons (Fsp3) is 0.783. The van der Waals surface area contributed by atoms with Crippen LogP contribution in [0, 0.1) is 40.9 Å². The molecular weight excluding hydrogens is 356 g/mol. The Morgan fingerprint density at radius 3 is 2.61 bits per heavy atom. The molecule has 5 heteroatoms. The summed E-state index contributed by atoms with van der Waals surface area (Å²) in [5, 5.41) is 32.2. The van der Waals surface area contributed by atoms with E-state index in [9.17, 15) is 20.1 Å². The fourth-order valence-electron chi connectivity index (χ4n) is 7.31. The molecule has 0 amide bonds. The van der Waals surface area contributed by atoms with Gasteiger partial charge in [0.05, 0.1) is 6.10 Å². The number of terminal acetylenes is 1. The predicted molar refractivity (Wildman–Crippen MR) is 104 cm³/mol. The third-order valence-electron chi connectivity index (χ3n) is 8.89. The van der Waals surface area contributed by atoms with E-state index in [1.807, 2.05) is 0 Å². The normalized spacial score (nSPS) is 52.5. The van der Waals surface area contributed by atoms with Crippen LogP contribution < -0.4 is 0 Å². The number of aliphatic hydroxyl groups is 3. The van der Waals surface area contributed by atoms with Gasteiger partial charge >= 0.3 is 5.97 Å². The van der Waals surface area contributed by atoms with Crippen molar-refractivity contribution in [3.63, 3.8) is 0 Å². The lowest BCUT2D eigenvalue weighted by molar-refractivity contribution is -0.163. The SMILES string of the molecule is C#CC1(O)C(OC(C)=O)C[C@H]2[C@@H]3CC=C4C(O)C(O)CC[C@]4(C)[C@@H]3CC[C@@]21C. The zero-order chi connectivity index (χ0) is 20.5. The van der Waals surface area contributed by atoms with Crippen molar-refractivity contribution in [2.45, 2.75) is 83.2 Å². The molecule has 0 aromatic carbocycles. The lowest BCUT2D eigenvalue weighted by Gasteiger charge is -2.58. The first kappa shape index (κ1) is 19.9. The number of hydrogen-bond donors (Lipinski definition) is 3. The summed E-state index contributed by atoms with van der Waals surface area (Å²) in [6.07, 6.45) is 10.3. The summed E-state index contributed by atoms with van der Waals surface area (Å²) in [6, 6.07) is 0. The maximum absolute atomic E-state index is 11.6. The number of fused-ring (bicyclic) bond motifs is 5. The van der Waals surface area contributed by atoms with Crippen LogP contribution in [0.1, 0.15) is 59.3 Å². The van der Waals surface area contributed by atoms with E-state index in [0.29, 0.717) is 24.7 Å². The van der Waals surface area contributed by atoms with E-state index in [2.05, 4.69) is 25.8 Å². The molecule has 4 aliphatic rings. The van der Waals surface area contributed by atoms with Crippen molar-refractivity contribution < 1.29 is 24.9 Å². The maximum atomic E-state index is 11.6. The molecule has 154 valence electrons. The van der Waals surface area contributed by atoms with Gasteiger partial charge in [0.1, 0.15) is 12.2 Å². The fourth-order valence-corrected chi connectivity index (χ4v) is 7.31. The third-order valence-corrected chi connectivity index (χ3v) is 8.89. The van der Waals surface area contributed by atoms with Crippen LogP contribution in [0.5, 0.6) is 0 Å². The largest absolute Gasteiger partial charge is 0.458 e. The second-order valence-corrected chi connectivity index (χ2v) is 9.94. The molecule has 0 radical (unpaired) electrons. The van der Waals surface area contributed by atoms with Crippen molar-refractivity contribution >= 4 is 5.97 Å². The summed E-state index contributed by atoms with van der Waals surface area (Å²) in [7, 11) is 0. The zero-order valence-electron chi connectivity index (χ0n) is 17.0. The standard InChI is InChI=1S/C23H32O5/c1-5-23(27)19(28-13(2)24)12-17-14-6-7-16-20(26)18(25)9-10-21(16,3)15(14)8-11-22(17,23)4/h1,7,14-15,17-20,25-27H,6,8-12H2,2-4H3/t14-,15-,17+,18?,19?,20?,21-,22+,23?/m1/s1. The smallest absolute Gasteiger partial charge is 0.303 e. The van der Waals surface area contributed by atoms with Crippen molar-refractivity contribution in [3.05, 3.63) is 11.6 Å². The summed E-state index contributed by atoms with van der Waals surface area (Å²) < 4.78 is 5.50. The highest BCUT2D eigenvalue weighted by atomic mass is 16.6. The van der Waals surface area contributed by atoms with E-state index in [-0.39, 0.29) is 11.3 Å². The van der Waals surface area contributed by atoms with Crippen LogP contribution in [0.15, 0.2) is 11.6 Å².